The van der Waals surface area contributed by atoms with Crippen LogP contribution in [0.4, 0.5) is 0 Å². The lowest BCUT2D eigenvalue weighted by Crippen LogP contribution is -2.39. The van der Waals surface area contributed by atoms with Crippen LogP contribution in [-0.2, 0) is 30.4 Å². The zero-order valence-corrected chi connectivity index (χ0v) is 16.4. The van der Waals surface area contributed by atoms with Gasteiger partial charge in [-0.25, -0.2) is 4.79 Å². The predicted molar refractivity (Wildman–Crippen MR) is 93.6 cm³/mol. The summed E-state index contributed by atoms with van der Waals surface area (Å²) in [5.41, 5.74) is -2.41. The number of hydrogen-bond acceptors (Lipinski definition) is 7. The maximum Gasteiger partial charge on any atom is 0.330 e. The van der Waals surface area contributed by atoms with Crippen LogP contribution < -0.4 is 11.2 Å². The van der Waals surface area contributed by atoms with Crippen LogP contribution in [0, 0.1) is 5.92 Å². The van der Waals surface area contributed by atoms with Gasteiger partial charge in [0.2, 0.25) is 0 Å². The lowest BCUT2D eigenvalue weighted by Gasteiger charge is -2.25. The first-order valence-electron chi connectivity index (χ1n) is 7.71. The molecule has 12 nitrogen and oxygen atoms in total. The molecule has 0 radical (unpaired) electrons. The average Bonchev–Trinajstić information content (AvgIpc) is 3.24. The van der Waals surface area contributed by atoms with E-state index in [1.54, 1.807) is 0 Å². The normalized spacial score (nSPS) is 34.0. The van der Waals surface area contributed by atoms with Crippen LogP contribution >= 0.6 is 14.3 Å². The molecule has 0 aromatic carbocycles. The molecular formula is C12H18N2O10P2S. The second kappa shape index (κ2) is 7.27. The highest BCUT2D eigenvalue weighted by Gasteiger charge is 2.61. The third-order valence-electron chi connectivity index (χ3n) is 4.54. The van der Waals surface area contributed by atoms with Crippen molar-refractivity contribution >= 4 is 26.1 Å². The highest BCUT2D eigenvalue weighted by molar-refractivity contribution is 8.06. The molecule has 0 amide bonds. The standard InChI is InChI=1S/C12H18N2O10P2S/c1-22-10-9(24-26(20,21)27)8(5-4-6(5)25(17,18)19)23-11(10)14-3-2-7(15)13-12(14)16/h2-3,5-6,8-11H,4H2,1H3,(H,13,15,16)(H2,17,18,19)(H2,20,21,27). The van der Waals surface area contributed by atoms with Crippen LogP contribution in [0.3, 0.4) is 0 Å². The second-order valence-electron chi connectivity index (χ2n) is 6.33. The highest BCUT2D eigenvalue weighted by Crippen LogP contribution is 2.62. The van der Waals surface area contributed by atoms with E-state index >= 15 is 0 Å². The third-order valence-corrected chi connectivity index (χ3v) is 6.77. The van der Waals surface area contributed by atoms with Crippen molar-refractivity contribution < 1.29 is 38.1 Å². The molecule has 1 aromatic heterocycles. The first-order chi connectivity index (χ1) is 12.4. The molecule has 2 aliphatic rings. The van der Waals surface area contributed by atoms with Crippen LogP contribution in [0.15, 0.2) is 21.9 Å². The van der Waals surface area contributed by atoms with Crippen LogP contribution in [0.5, 0.6) is 0 Å². The molecule has 1 saturated heterocycles. The number of nitrogens with one attached hydrogen (secondary N) is 1. The Morgan fingerprint density at radius 3 is 2.44 bits per heavy atom. The van der Waals surface area contributed by atoms with Crippen molar-refractivity contribution in [3.63, 3.8) is 0 Å². The molecule has 1 saturated carbocycles. The van der Waals surface area contributed by atoms with Crippen molar-refractivity contribution in [1.82, 2.24) is 9.55 Å². The van der Waals surface area contributed by atoms with Gasteiger partial charge in [-0.2, -0.15) is 0 Å². The van der Waals surface area contributed by atoms with Crippen molar-refractivity contribution in [3.8, 4) is 0 Å². The summed E-state index contributed by atoms with van der Waals surface area (Å²) in [6.45, 7) is -4.18. The van der Waals surface area contributed by atoms with Crippen molar-refractivity contribution in [2.24, 2.45) is 5.92 Å². The van der Waals surface area contributed by atoms with Crippen LogP contribution in [0.2, 0.25) is 0 Å². The van der Waals surface area contributed by atoms with Gasteiger partial charge in [0, 0.05) is 25.3 Å². The minimum atomic E-state index is -4.38. The van der Waals surface area contributed by atoms with Gasteiger partial charge in [-0.15, -0.1) is 0 Å². The van der Waals surface area contributed by atoms with Crippen molar-refractivity contribution in [2.45, 2.75) is 36.6 Å². The Labute approximate surface area is 157 Å². The fourth-order valence-electron chi connectivity index (χ4n) is 3.33. The number of rotatable bonds is 6. The minimum Gasteiger partial charge on any atom is -0.374 e. The Bertz CT molecular complexity index is 921. The molecule has 2 fully saturated rings. The SMILES string of the molecule is COC1C(OP(O)(O)=S)C(C2CC2P(=O)(O)O)OC1n1ccc(=O)[nH]c1=O. The first-order valence-corrected chi connectivity index (χ1v) is 12.0. The Morgan fingerprint density at radius 1 is 1.30 bits per heavy atom. The first kappa shape index (κ1) is 21.0. The zero-order chi connectivity index (χ0) is 20.1. The number of aromatic amines is 1. The van der Waals surface area contributed by atoms with Gasteiger partial charge in [0.05, 0.1) is 11.8 Å². The summed E-state index contributed by atoms with van der Waals surface area (Å²) in [4.78, 5) is 63.3. The van der Waals surface area contributed by atoms with Gasteiger partial charge in [0.1, 0.15) is 12.2 Å². The summed E-state index contributed by atoms with van der Waals surface area (Å²) < 4.78 is 28.7. The Morgan fingerprint density at radius 2 is 1.96 bits per heavy atom. The molecule has 0 bridgehead atoms. The van der Waals surface area contributed by atoms with Crippen molar-refractivity contribution in [3.05, 3.63) is 33.1 Å². The van der Waals surface area contributed by atoms with E-state index in [-0.39, 0.29) is 6.42 Å². The Kier molecular flexibility index (Phi) is 5.65. The minimum absolute atomic E-state index is 0.123. The molecule has 3 rings (SSSR count). The maximum atomic E-state index is 12.1. The van der Waals surface area contributed by atoms with Gasteiger partial charge in [-0.1, -0.05) is 0 Å². The molecule has 152 valence electrons. The fourth-order valence-corrected chi connectivity index (χ4v) is 5.37. The molecule has 1 aliphatic heterocycles. The summed E-state index contributed by atoms with van der Waals surface area (Å²) in [6.07, 6.45) is -3.12. The highest BCUT2D eigenvalue weighted by atomic mass is 32.5. The van der Waals surface area contributed by atoms with E-state index < -0.39 is 61.7 Å². The van der Waals surface area contributed by atoms with Crippen LogP contribution in [0.1, 0.15) is 12.6 Å². The van der Waals surface area contributed by atoms with Crippen LogP contribution in [-0.4, -0.2) is 60.2 Å². The lowest BCUT2D eigenvalue weighted by atomic mass is 10.1. The van der Waals surface area contributed by atoms with Gasteiger partial charge in [-0.3, -0.25) is 23.4 Å². The summed E-state index contributed by atoms with van der Waals surface area (Å²) in [5, 5.41) is 0. The topological polar surface area (TPSA) is 181 Å². The largest absolute Gasteiger partial charge is 0.374 e. The summed E-state index contributed by atoms with van der Waals surface area (Å²) in [6, 6.07) is 1.08. The summed E-state index contributed by atoms with van der Waals surface area (Å²) in [7, 11) is -3.12. The average molecular weight is 444 g/mol. The number of aromatic nitrogens is 2. The van der Waals surface area contributed by atoms with E-state index in [4.69, 9.17) is 14.0 Å². The third kappa shape index (κ3) is 4.48. The second-order valence-corrected chi connectivity index (χ2v) is 10.8. The Hall–Kier alpha value is -0.720. The molecule has 1 aliphatic carbocycles. The van der Waals surface area contributed by atoms with E-state index in [1.807, 2.05) is 0 Å². The van der Waals surface area contributed by atoms with Gasteiger partial charge < -0.3 is 29.0 Å². The van der Waals surface area contributed by atoms with E-state index in [0.717, 1.165) is 10.6 Å². The van der Waals surface area contributed by atoms with Gasteiger partial charge in [-0.05, 0) is 18.2 Å². The summed E-state index contributed by atoms with van der Waals surface area (Å²) >= 11 is 4.50. The van der Waals surface area contributed by atoms with Gasteiger partial charge >= 0.3 is 20.0 Å². The van der Waals surface area contributed by atoms with Crippen LogP contribution in [0.25, 0.3) is 0 Å². The number of hydrogen-bond donors (Lipinski definition) is 5. The molecule has 0 spiro atoms. The summed E-state index contributed by atoms with van der Waals surface area (Å²) in [5.74, 6) is -0.654. The molecule has 6 atom stereocenters. The number of H-pyrrole nitrogens is 1. The molecule has 1 aromatic rings. The number of nitrogens with zero attached hydrogens (tertiary/aromatic N) is 1. The lowest BCUT2D eigenvalue weighted by molar-refractivity contribution is -0.0571. The maximum absolute atomic E-state index is 12.1. The zero-order valence-electron chi connectivity index (χ0n) is 13.8. The number of ether oxygens (including phenoxy) is 2. The Balaban J connectivity index is 1.97. The molecule has 6 unspecified atom stereocenters. The molecule has 2 heterocycles. The van der Waals surface area contributed by atoms with E-state index in [9.17, 15) is 33.7 Å². The molecule has 15 heteroatoms. The van der Waals surface area contributed by atoms with Gasteiger partial charge in [0.15, 0.2) is 6.23 Å². The molecule has 5 N–H and O–H groups in total. The van der Waals surface area contributed by atoms with Crippen molar-refractivity contribution in [2.75, 3.05) is 7.11 Å². The quantitative estimate of drug-likeness (QED) is 0.326. The molecule has 27 heavy (non-hydrogen) atoms. The fraction of sp³-hybridized carbons (Fsp3) is 0.667. The molecular weight excluding hydrogens is 426 g/mol. The monoisotopic (exact) mass is 444 g/mol. The van der Waals surface area contributed by atoms with E-state index in [0.29, 0.717) is 0 Å². The predicted octanol–water partition coefficient (Wildman–Crippen LogP) is -1.39. The smallest absolute Gasteiger partial charge is 0.330 e. The van der Waals surface area contributed by atoms with E-state index in [2.05, 4.69) is 16.8 Å². The number of methoxy groups -OCH3 is 1. The van der Waals surface area contributed by atoms with Gasteiger partial charge in [0.25, 0.3) is 5.56 Å². The van der Waals surface area contributed by atoms with E-state index in [1.165, 1.54) is 13.3 Å². The van der Waals surface area contributed by atoms with Crippen molar-refractivity contribution in [1.29, 1.82) is 0 Å².